The molecule has 0 fully saturated rings. The van der Waals surface area contributed by atoms with Crippen molar-refractivity contribution in [3.63, 3.8) is 0 Å². The van der Waals surface area contributed by atoms with Gasteiger partial charge in [0.2, 0.25) is 0 Å². The first-order valence-corrected chi connectivity index (χ1v) is 9.34. The molecule has 0 bridgehead atoms. The highest BCUT2D eigenvalue weighted by atomic mass is 32.2. The number of alkyl halides is 3. The van der Waals surface area contributed by atoms with Crippen LogP contribution in [0.3, 0.4) is 0 Å². The van der Waals surface area contributed by atoms with Gasteiger partial charge in [-0.2, -0.15) is 21.6 Å². The third-order valence-corrected chi connectivity index (χ3v) is 4.67. The molecule has 29 heavy (non-hydrogen) atoms. The number of nitrogens with zero attached hydrogens (tertiary/aromatic N) is 1. The topological polar surface area (TPSA) is 103 Å². The molecule has 0 atom stereocenters. The Morgan fingerprint density at radius 2 is 1.72 bits per heavy atom. The second-order valence-corrected chi connectivity index (χ2v) is 7.26. The number of rotatable bonds is 6. The predicted molar refractivity (Wildman–Crippen MR) is 95.1 cm³/mol. The Balaban J connectivity index is 2.09. The third kappa shape index (κ3) is 4.40. The number of para-hydroxylation sites is 1. The van der Waals surface area contributed by atoms with Crippen molar-refractivity contribution in [3.05, 3.63) is 65.9 Å². The number of fused-ring (bicyclic) bond motifs is 1. The van der Waals surface area contributed by atoms with Gasteiger partial charge in [0.05, 0.1) is 0 Å². The number of carboxylic acid groups (broad SMARTS) is 1. The van der Waals surface area contributed by atoms with E-state index in [0.29, 0.717) is 6.07 Å². The summed E-state index contributed by atoms with van der Waals surface area (Å²) in [6, 6.07) is 13.5. The fourth-order valence-electron chi connectivity index (χ4n) is 2.39. The van der Waals surface area contributed by atoms with Crippen molar-refractivity contribution >= 4 is 27.0 Å². The van der Waals surface area contributed by atoms with Crippen LogP contribution in [0.2, 0.25) is 0 Å². The normalized spacial score (nSPS) is 12.0. The Kier molecular flexibility index (Phi) is 5.33. The Morgan fingerprint density at radius 1 is 1.03 bits per heavy atom. The van der Waals surface area contributed by atoms with Gasteiger partial charge in [0.1, 0.15) is 17.9 Å². The molecule has 0 radical (unpaired) electrons. The molecule has 0 aliphatic rings. The van der Waals surface area contributed by atoms with Crippen LogP contribution in [0.15, 0.2) is 54.6 Å². The number of pyridine rings is 1. The molecule has 152 valence electrons. The number of carboxylic acids is 1. The SMILES string of the molecule is O=C(O)c1cc(OS(=O)(=O)C(F)(F)F)c2cccc(OCc3ccccc3)c2n1. The average Bonchev–Trinajstić information content (AvgIpc) is 2.66. The van der Waals surface area contributed by atoms with Gasteiger partial charge in [-0.25, -0.2) is 9.78 Å². The molecule has 0 saturated heterocycles. The Bertz CT molecular complexity index is 1160. The van der Waals surface area contributed by atoms with Gasteiger partial charge in [-0.05, 0) is 17.7 Å². The highest BCUT2D eigenvalue weighted by Crippen LogP contribution is 2.35. The second kappa shape index (κ2) is 7.59. The van der Waals surface area contributed by atoms with Crippen molar-refractivity contribution in [1.82, 2.24) is 4.98 Å². The van der Waals surface area contributed by atoms with E-state index in [1.165, 1.54) is 18.2 Å². The monoisotopic (exact) mass is 427 g/mol. The number of benzene rings is 2. The van der Waals surface area contributed by atoms with Crippen LogP contribution in [-0.4, -0.2) is 30.0 Å². The molecule has 3 aromatic rings. The van der Waals surface area contributed by atoms with Crippen molar-refractivity contribution in [3.8, 4) is 11.5 Å². The van der Waals surface area contributed by atoms with Gasteiger partial charge < -0.3 is 14.0 Å². The summed E-state index contributed by atoms with van der Waals surface area (Å²) in [5.41, 5.74) is -5.78. The molecule has 0 amide bonds. The van der Waals surface area contributed by atoms with Crippen LogP contribution >= 0.6 is 0 Å². The van der Waals surface area contributed by atoms with Crippen LogP contribution in [-0.2, 0) is 16.7 Å². The molecule has 2 aromatic carbocycles. The van der Waals surface area contributed by atoms with Gasteiger partial charge in [0.15, 0.2) is 11.4 Å². The van der Waals surface area contributed by atoms with Gasteiger partial charge in [0, 0.05) is 11.5 Å². The van der Waals surface area contributed by atoms with Crippen LogP contribution < -0.4 is 8.92 Å². The van der Waals surface area contributed by atoms with E-state index in [-0.39, 0.29) is 23.3 Å². The molecule has 0 saturated carbocycles. The van der Waals surface area contributed by atoms with E-state index in [1.807, 2.05) is 0 Å². The maximum atomic E-state index is 12.7. The molecule has 1 aromatic heterocycles. The Hall–Kier alpha value is -3.34. The molecule has 1 N–H and O–H groups in total. The third-order valence-electron chi connectivity index (χ3n) is 3.70. The molecule has 0 aliphatic carbocycles. The first-order chi connectivity index (χ1) is 13.6. The number of halogens is 3. The van der Waals surface area contributed by atoms with Crippen LogP contribution in [0.25, 0.3) is 10.9 Å². The molecule has 3 rings (SSSR count). The molecule has 0 spiro atoms. The summed E-state index contributed by atoms with van der Waals surface area (Å²) >= 11 is 0. The van der Waals surface area contributed by atoms with Gasteiger partial charge in [-0.3, -0.25) is 0 Å². The zero-order valence-electron chi connectivity index (χ0n) is 14.4. The Morgan fingerprint density at radius 3 is 2.34 bits per heavy atom. The minimum absolute atomic E-state index is 0.0451. The van der Waals surface area contributed by atoms with Gasteiger partial charge in [-0.15, -0.1) is 0 Å². The fourth-order valence-corrected chi connectivity index (χ4v) is 2.86. The summed E-state index contributed by atoms with van der Waals surface area (Å²) in [6.45, 7) is 0.0654. The largest absolute Gasteiger partial charge is 0.534 e. The summed E-state index contributed by atoms with van der Waals surface area (Å²) in [5.74, 6) is -2.36. The van der Waals surface area contributed by atoms with Crippen LogP contribution in [0, 0.1) is 0 Å². The van der Waals surface area contributed by atoms with Crippen LogP contribution in [0.5, 0.6) is 11.5 Å². The van der Waals surface area contributed by atoms with Crippen molar-refractivity contribution in [2.24, 2.45) is 0 Å². The summed E-state index contributed by atoms with van der Waals surface area (Å²) in [4.78, 5) is 15.2. The summed E-state index contributed by atoms with van der Waals surface area (Å²) < 4.78 is 70.7. The van der Waals surface area contributed by atoms with E-state index >= 15 is 0 Å². The number of hydrogen-bond donors (Lipinski definition) is 1. The molecule has 1 heterocycles. The van der Waals surface area contributed by atoms with E-state index < -0.39 is 33.0 Å². The zero-order valence-corrected chi connectivity index (χ0v) is 15.2. The lowest BCUT2D eigenvalue weighted by molar-refractivity contribution is -0.0499. The molecule has 0 aliphatic heterocycles. The average molecular weight is 427 g/mol. The lowest BCUT2D eigenvalue weighted by Crippen LogP contribution is -2.28. The standard InChI is InChI=1S/C18H12F3NO6S/c19-18(20,21)29(25,26)28-15-9-13(17(23)24)22-16-12(15)7-4-8-14(16)27-10-11-5-2-1-3-6-11/h1-9H,10H2,(H,23,24). The number of hydrogen-bond acceptors (Lipinski definition) is 6. The smallest absolute Gasteiger partial charge is 0.487 e. The highest BCUT2D eigenvalue weighted by Gasteiger charge is 2.48. The van der Waals surface area contributed by atoms with Crippen molar-refractivity contribution in [2.45, 2.75) is 12.1 Å². The summed E-state index contributed by atoms with van der Waals surface area (Å²) in [7, 11) is -6.01. The lowest BCUT2D eigenvalue weighted by atomic mass is 10.1. The van der Waals surface area contributed by atoms with Crippen molar-refractivity contribution in [2.75, 3.05) is 0 Å². The van der Waals surface area contributed by atoms with E-state index in [1.54, 1.807) is 30.3 Å². The van der Waals surface area contributed by atoms with Crippen LogP contribution in [0.1, 0.15) is 16.1 Å². The van der Waals surface area contributed by atoms with Gasteiger partial charge >= 0.3 is 21.6 Å². The Labute approximate surface area is 162 Å². The maximum Gasteiger partial charge on any atom is 0.534 e. The predicted octanol–water partition coefficient (Wildman–Crippen LogP) is 3.74. The maximum absolute atomic E-state index is 12.7. The fraction of sp³-hybridized carbons (Fsp3) is 0.111. The first kappa shape index (κ1) is 20.4. The molecular formula is C18H12F3NO6S. The molecular weight excluding hydrogens is 415 g/mol. The first-order valence-electron chi connectivity index (χ1n) is 7.93. The number of aromatic nitrogens is 1. The van der Waals surface area contributed by atoms with E-state index in [2.05, 4.69) is 9.17 Å². The van der Waals surface area contributed by atoms with Crippen molar-refractivity contribution in [1.29, 1.82) is 0 Å². The number of aromatic carboxylic acids is 1. The quantitative estimate of drug-likeness (QED) is 0.472. The minimum atomic E-state index is -6.01. The summed E-state index contributed by atoms with van der Waals surface area (Å²) in [5, 5.41) is 9.04. The molecule has 11 heteroatoms. The molecule has 0 unspecified atom stereocenters. The van der Waals surface area contributed by atoms with Crippen LogP contribution in [0.4, 0.5) is 13.2 Å². The van der Waals surface area contributed by atoms with Gasteiger partial charge in [0.25, 0.3) is 0 Å². The summed E-state index contributed by atoms with van der Waals surface area (Å²) in [6.07, 6.45) is 0. The van der Waals surface area contributed by atoms with E-state index in [9.17, 15) is 31.5 Å². The lowest BCUT2D eigenvalue weighted by Gasteiger charge is -2.14. The van der Waals surface area contributed by atoms with Gasteiger partial charge in [-0.1, -0.05) is 36.4 Å². The zero-order chi connectivity index (χ0) is 21.2. The minimum Gasteiger partial charge on any atom is -0.487 e. The highest BCUT2D eigenvalue weighted by molar-refractivity contribution is 7.88. The molecule has 7 nitrogen and oxygen atoms in total. The number of carbonyl (C=O) groups is 1. The number of ether oxygens (including phenoxy) is 1. The van der Waals surface area contributed by atoms with E-state index in [0.717, 1.165) is 5.56 Å². The van der Waals surface area contributed by atoms with Crippen molar-refractivity contribution < 1.29 is 40.4 Å². The van der Waals surface area contributed by atoms with E-state index in [4.69, 9.17) is 4.74 Å². The second-order valence-electron chi connectivity index (χ2n) is 5.72.